The molecule has 0 unspecified atom stereocenters. The van der Waals surface area contributed by atoms with E-state index in [1.165, 1.54) is 0 Å². The van der Waals surface area contributed by atoms with Crippen LogP contribution in [0.25, 0.3) is 11.0 Å². The molecule has 3 aromatic rings. The molecular weight excluding hydrogens is 366 g/mol. The molecule has 1 heterocycles. The van der Waals surface area contributed by atoms with Crippen LogP contribution in [0.4, 0.5) is 5.69 Å². The van der Waals surface area contributed by atoms with Crippen molar-refractivity contribution in [1.82, 2.24) is 0 Å². The third-order valence-electron chi connectivity index (χ3n) is 3.43. The Bertz CT molecular complexity index is 857. The molecule has 0 aliphatic carbocycles. The van der Waals surface area contributed by atoms with Crippen LogP contribution in [-0.2, 0) is 11.2 Å². The van der Waals surface area contributed by atoms with Crippen LogP contribution >= 0.6 is 27.5 Å². The predicted molar refractivity (Wildman–Crippen MR) is 92.4 cm³/mol. The van der Waals surface area contributed by atoms with Crippen LogP contribution in [0.5, 0.6) is 0 Å². The average molecular weight is 379 g/mol. The number of nitrogens with one attached hydrogen (secondary N) is 1. The Kier molecular flexibility index (Phi) is 4.23. The van der Waals surface area contributed by atoms with Gasteiger partial charge in [-0.15, -0.1) is 0 Å². The number of anilines is 1. The SMILES string of the molecule is Cc1cc2occ(CC(=O)Nc3ccccc3Br)c2cc1Cl. The normalized spacial score (nSPS) is 10.9. The van der Waals surface area contributed by atoms with E-state index >= 15 is 0 Å². The summed E-state index contributed by atoms with van der Waals surface area (Å²) in [6.07, 6.45) is 1.84. The molecule has 1 amide bonds. The van der Waals surface area contributed by atoms with Gasteiger partial charge in [-0.1, -0.05) is 23.7 Å². The fraction of sp³-hybridized carbons (Fsp3) is 0.118. The fourth-order valence-corrected chi connectivity index (χ4v) is 2.82. The number of carbonyl (C=O) groups is 1. The predicted octanol–water partition coefficient (Wildman–Crippen LogP) is 5.34. The summed E-state index contributed by atoms with van der Waals surface area (Å²) in [6, 6.07) is 11.2. The van der Waals surface area contributed by atoms with Crippen molar-refractivity contribution >= 4 is 50.1 Å². The van der Waals surface area contributed by atoms with E-state index in [1.54, 1.807) is 6.26 Å². The van der Waals surface area contributed by atoms with Gasteiger partial charge >= 0.3 is 0 Å². The van der Waals surface area contributed by atoms with Crippen molar-refractivity contribution in [2.24, 2.45) is 0 Å². The van der Waals surface area contributed by atoms with Gasteiger partial charge in [0.25, 0.3) is 0 Å². The van der Waals surface area contributed by atoms with Gasteiger partial charge in [0.2, 0.25) is 5.91 Å². The zero-order valence-electron chi connectivity index (χ0n) is 11.8. The van der Waals surface area contributed by atoms with Crippen LogP contribution in [0, 0.1) is 6.92 Å². The molecule has 3 nitrogen and oxygen atoms in total. The van der Waals surface area contributed by atoms with Crippen molar-refractivity contribution < 1.29 is 9.21 Å². The second-order valence-corrected chi connectivity index (χ2v) is 6.32. The van der Waals surface area contributed by atoms with Gasteiger partial charge in [0.15, 0.2) is 0 Å². The Morgan fingerprint density at radius 1 is 1.32 bits per heavy atom. The molecule has 1 aromatic heterocycles. The summed E-state index contributed by atoms with van der Waals surface area (Å²) in [7, 11) is 0. The molecule has 112 valence electrons. The van der Waals surface area contributed by atoms with Crippen LogP contribution in [0.1, 0.15) is 11.1 Å². The number of fused-ring (bicyclic) bond motifs is 1. The minimum atomic E-state index is -0.105. The minimum absolute atomic E-state index is 0.105. The fourth-order valence-electron chi connectivity index (χ4n) is 2.27. The number of para-hydroxylation sites is 1. The van der Waals surface area contributed by atoms with Gasteiger partial charge < -0.3 is 9.73 Å². The second kappa shape index (κ2) is 6.15. The van der Waals surface area contributed by atoms with E-state index in [4.69, 9.17) is 16.0 Å². The zero-order valence-corrected chi connectivity index (χ0v) is 14.2. The molecule has 3 rings (SSSR count). The lowest BCUT2D eigenvalue weighted by Crippen LogP contribution is -2.14. The van der Waals surface area contributed by atoms with Gasteiger partial charge in [0.05, 0.1) is 18.4 Å². The number of carbonyl (C=O) groups excluding carboxylic acids is 1. The van der Waals surface area contributed by atoms with Crippen LogP contribution in [0.15, 0.2) is 51.6 Å². The molecule has 0 fully saturated rings. The molecule has 0 atom stereocenters. The Morgan fingerprint density at radius 2 is 2.09 bits per heavy atom. The monoisotopic (exact) mass is 377 g/mol. The van der Waals surface area contributed by atoms with Gasteiger partial charge in [0.1, 0.15) is 5.58 Å². The number of aryl methyl sites for hydroxylation is 1. The van der Waals surface area contributed by atoms with E-state index in [0.717, 1.165) is 32.3 Å². The quantitative estimate of drug-likeness (QED) is 0.668. The first-order chi connectivity index (χ1) is 10.5. The van der Waals surface area contributed by atoms with Crippen LogP contribution in [0.2, 0.25) is 5.02 Å². The van der Waals surface area contributed by atoms with E-state index in [-0.39, 0.29) is 12.3 Å². The van der Waals surface area contributed by atoms with Crippen LogP contribution in [-0.4, -0.2) is 5.91 Å². The molecule has 22 heavy (non-hydrogen) atoms. The standard InChI is InChI=1S/C17H13BrClNO2/c1-10-6-16-12(8-14(10)19)11(9-22-16)7-17(21)20-15-5-3-2-4-13(15)18/h2-6,8-9H,7H2,1H3,(H,20,21). The minimum Gasteiger partial charge on any atom is -0.464 e. The highest BCUT2D eigenvalue weighted by Crippen LogP contribution is 2.28. The molecule has 0 saturated heterocycles. The van der Waals surface area contributed by atoms with Gasteiger partial charge in [-0.3, -0.25) is 4.79 Å². The molecule has 0 radical (unpaired) electrons. The summed E-state index contributed by atoms with van der Waals surface area (Å²) in [5.41, 5.74) is 3.26. The third-order valence-corrected chi connectivity index (χ3v) is 4.53. The number of hydrogen-bond donors (Lipinski definition) is 1. The van der Waals surface area contributed by atoms with E-state index in [2.05, 4.69) is 21.2 Å². The Morgan fingerprint density at radius 3 is 2.86 bits per heavy atom. The molecule has 0 aliphatic rings. The molecule has 1 N–H and O–H groups in total. The van der Waals surface area contributed by atoms with E-state index < -0.39 is 0 Å². The first-order valence-electron chi connectivity index (χ1n) is 6.75. The number of furan rings is 1. The first-order valence-corrected chi connectivity index (χ1v) is 7.92. The molecule has 5 heteroatoms. The highest BCUT2D eigenvalue weighted by atomic mass is 79.9. The summed E-state index contributed by atoms with van der Waals surface area (Å²) in [6.45, 7) is 1.92. The van der Waals surface area contributed by atoms with E-state index in [9.17, 15) is 4.79 Å². The maximum absolute atomic E-state index is 12.2. The zero-order chi connectivity index (χ0) is 15.7. The average Bonchev–Trinajstić information content (AvgIpc) is 2.84. The van der Waals surface area contributed by atoms with Crippen molar-refractivity contribution in [3.8, 4) is 0 Å². The molecule has 0 saturated carbocycles. The van der Waals surface area contributed by atoms with Crippen molar-refractivity contribution in [3.05, 3.63) is 63.3 Å². The number of rotatable bonds is 3. The maximum atomic E-state index is 12.2. The summed E-state index contributed by atoms with van der Waals surface area (Å²) in [5, 5.41) is 4.42. The molecule has 0 bridgehead atoms. The summed E-state index contributed by atoms with van der Waals surface area (Å²) in [5.74, 6) is -0.105. The van der Waals surface area contributed by atoms with Crippen molar-refractivity contribution in [1.29, 1.82) is 0 Å². The largest absolute Gasteiger partial charge is 0.464 e. The van der Waals surface area contributed by atoms with Gasteiger partial charge in [-0.05, 0) is 52.7 Å². The number of hydrogen-bond acceptors (Lipinski definition) is 2. The smallest absolute Gasteiger partial charge is 0.228 e. The van der Waals surface area contributed by atoms with Gasteiger partial charge in [0, 0.05) is 20.4 Å². The second-order valence-electron chi connectivity index (χ2n) is 5.06. The summed E-state index contributed by atoms with van der Waals surface area (Å²) < 4.78 is 6.36. The Balaban J connectivity index is 1.83. The molecule has 0 aliphatic heterocycles. The number of amides is 1. The summed E-state index contributed by atoms with van der Waals surface area (Å²) in [4.78, 5) is 12.2. The van der Waals surface area contributed by atoms with Crippen molar-refractivity contribution in [2.45, 2.75) is 13.3 Å². The third kappa shape index (κ3) is 3.03. The van der Waals surface area contributed by atoms with Crippen molar-refractivity contribution in [3.63, 3.8) is 0 Å². The van der Waals surface area contributed by atoms with Crippen LogP contribution in [0.3, 0.4) is 0 Å². The lowest BCUT2D eigenvalue weighted by atomic mass is 10.1. The Hall–Kier alpha value is -1.78. The van der Waals surface area contributed by atoms with Gasteiger partial charge in [-0.2, -0.15) is 0 Å². The van der Waals surface area contributed by atoms with E-state index in [0.29, 0.717) is 5.02 Å². The molecule has 0 spiro atoms. The number of benzene rings is 2. The van der Waals surface area contributed by atoms with Crippen LogP contribution < -0.4 is 5.32 Å². The Labute approximate surface area is 141 Å². The maximum Gasteiger partial charge on any atom is 0.228 e. The lowest BCUT2D eigenvalue weighted by molar-refractivity contribution is -0.115. The van der Waals surface area contributed by atoms with Gasteiger partial charge in [-0.25, -0.2) is 0 Å². The highest BCUT2D eigenvalue weighted by molar-refractivity contribution is 9.10. The van der Waals surface area contributed by atoms with E-state index in [1.807, 2.05) is 43.3 Å². The summed E-state index contributed by atoms with van der Waals surface area (Å²) >= 11 is 9.56. The molecular formula is C17H13BrClNO2. The highest BCUT2D eigenvalue weighted by Gasteiger charge is 2.13. The lowest BCUT2D eigenvalue weighted by Gasteiger charge is -2.06. The number of halogens is 2. The molecule has 2 aromatic carbocycles. The first kappa shape index (κ1) is 15.1. The topological polar surface area (TPSA) is 42.2 Å². The van der Waals surface area contributed by atoms with Crippen molar-refractivity contribution in [2.75, 3.05) is 5.32 Å².